The van der Waals surface area contributed by atoms with Gasteiger partial charge in [0.1, 0.15) is 11.2 Å². The fourth-order valence-corrected chi connectivity index (χ4v) is 9.55. The third-order valence-electron chi connectivity index (χ3n) is 12.8. The summed E-state index contributed by atoms with van der Waals surface area (Å²) in [5.41, 5.74) is 20.7. The highest BCUT2D eigenvalue weighted by atomic mass is 16.3. The number of anilines is 6. The number of rotatable bonds is 3. The quantitative estimate of drug-likeness (QED) is 0.167. The molecule has 0 aliphatic carbocycles. The van der Waals surface area contributed by atoms with Gasteiger partial charge in [-0.15, -0.1) is 0 Å². The van der Waals surface area contributed by atoms with Crippen molar-refractivity contribution in [2.24, 2.45) is 0 Å². The summed E-state index contributed by atoms with van der Waals surface area (Å²) in [6.07, 6.45) is 0. The highest BCUT2D eigenvalue weighted by Gasteiger charge is 2.44. The van der Waals surface area contributed by atoms with Gasteiger partial charge < -0.3 is 14.2 Å². The molecule has 0 amide bonds. The van der Waals surface area contributed by atoms with Crippen molar-refractivity contribution in [1.29, 1.82) is 0 Å². The molecule has 0 saturated heterocycles. The van der Waals surface area contributed by atoms with E-state index in [1.54, 1.807) is 0 Å². The van der Waals surface area contributed by atoms with Gasteiger partial charge in [-0.05, 0) is 134 Å². The molecule has 59 heavy (non-hydrogen) atoms. The molecular weight excluding hydrogens is 715 g/mol. The number of nitrogens with zero attached hydrogens (tertiary/aromatic N) is 2. The van der Waals surface area contributed by atoms with Crippen LogP contribution in [0.2, 0.25) is 0 Å². The summed E-state index contributed by atoms with van der Waals surface area (Å²) in [5.74, 6) is 0. The van der Waals surface area contributed by atoms with Crippen molar-refractivity contribution in [3.63, 3.8) is 0 Å². The van der Waals surface area contributed by atoms with Gasteiger partial charge in [0.05, 0.1) is 0 Å². The molecule has 0 fully saturated rings. The molecule has 4 heteroatoms. The van der Waals surface area contributed by atoms with Gasteiger partial charge in [-0.25, -0.2) is 0 Å². The largest absolute Gasteiger partial charge is 0.456 e. The summed E-state index contributed by atoms with van der Waals surface area (Å²) in [6, 6.07) is 52.6. The van der Waals surface area contributed by atoms with E-state index in [1.165, 1.54) is 72.6 Å². The predicted molar refractivity (Wildman–Crippen MR) is 254 cm³/mol. The molecule has 0 saturated carbocycles. The maximum Gasteiger partial charge on any atom is 0.252 e. The third kappa shape index (κ3) is 6.02. The Hall–Kier alpha value is -6.00. The number of hydrogen-bond acceptors (Lipinski definition) is 3. The maximum absolute atomic E-state index is 6.37. The first kappa shape index (κ1) is 37.3. The normalized spacial score (nSPS) is 13.8. The van der Waals surface area contributed by atoms with Gasteiger partial charge in [-0.3, -0.25) is 0 Å². The van der Waals surface area contributed by atoms with Crippen molar-refractivity contribution in [1.82, 2.24) is 0 Å². The fraction of sp³-hybridized carbons (Fsp3) is 0.236. The molecule has 1 aromatic heterocycles. The summed E-state index contributed by atoms with van der Waals surface area (Å²) in [4.78, 5) is 5.10. The predicted octanol–water partition coefficient (Wildman–Crippen LogP) is 13.5. The van der Waals surface area contributed by atoms with E-state index in [0.717, 1.165) is 33.2 Å². The molecule has 7 aromatic carbocycles. The minimum Gasteiger partial charge on any atom is -0.456 e. The minimum absolute atomic E-state index is 0.00416. The zero-order valence-corrected chi connectivity index (χ0v) is 36.2. The molecule has 0 atom stereocenters. The summed E-state index contributed by atoms with van der Waals surface area (Å²) in [6.45, 7) is 23.1. The average molecular weight is 769 g/mol. The monoisotopic (exact) mass is 768 g/mol. The third-order valence-corrected chi connectivity index (χ3v) is 12.8. The van der Waals surface area contributed by atoms with E-state index < -0.39 is 0 Å². The highest BCUT2D eigenvalue weighted by molar-refractivity contribution is 7.00. The lowest BCUT2D eigenvalue weighted by molar-refractivity contribution is 0.590. The number of fused-ring (bicyclic) bond motifs is 7. The van der Waals surface area contributed by atoms with Crippen molar-refractivity contribution in [3.8, 4) is 11.1 Å². The molecule has 292 valence electrons. The van der Waals surface area contributed by atoms with Gasteiger partial charge in [-0.2, -0.15) is 0 Å². The smallest absolute Gasteiger partial charge is 0.252 e. The van der Waals surface area contributed by atoms with E-state index >= 15 is 0 Å². The van der Waals surface area contributed by atoms with E-state index in [4.69, 9.17) is 4.42 Å². The van der Waals surface area contributed by atoms with Crippen molar-refractivity contribution < 1.29 is 4.42 Å². The molecule has 0 N–H and O–H groups in total. The topological polar surface area (TPSA) is 19.6 Å². The molecule has 3 nitrogen and oxygen atoms in total. The van der Waals surface area contributed by atoms with Crippen LogP contribution >= 0.6 is 0 Å². The number of para-hydroxylation sites is 1. The lowest BCUT2D eigenvalue weighted by Crippen LogP contribution is -2.61. The first-order valence-electron chi connectivity index (χ1n) is 21.2. The number of aryl methyl sites for hydroxylation is 1. The van der Waals surface area contributed by atoms with Crippen molar-refractivity contribution in [2.75, 3.05) is 9.80 Å². The first-order chi connectivity index (χ1) is 28.1. The standard InChI is InChI=1S/C55H53BN2O/c1-34-29-47-52-48(30-34)58(40-16-13-15-35(31-40)41-18-14-20-50-51(41)42-17-11-12-19-49(42)59-50)46-33-38(55(8,9)10)24-28-44(46)56(52)43-27-23-37(54(5,6)7)32-45(43)57(47)39-25-21-36(22-26-39)53(2,3)4/h11-33H,1-10H3. The Bertz CT molecular complexity index is 2970. The van der Waals surface area contributed by atoms with Crippen molar-refractivity contribution in [3.05, 3.63) is 162 Å². The molecule has 0 spiro atoms. The Morgan fingerprint density at radius 3 is 1.61 bits per heavy atom. The molecule has 8 aromatic rings. The van der Waals surface area contributed by atoms with Gasteiger partial charge in [0, 0.05) is 44.9 Å². The second kappa shape index (κ2) is 13.0. The van der Waals surface area contributed by atoms with Crippen LogP contribution in [0.15, 0.2) is 144 Å². The molecule has 0 radical (unpaired) electrons. The highest BCUT2D eigenvalue weighted by Crippen LogP contribution is 2.47. The second-order valence-electron chi connectivity index (χ2n) is 20.0. The summed E-state index contributed by atoms with van der Waals surface area (Å²) < 4.78 is 6.37. The van der Waals surface area contributed by atoms with E-state index in [9.17, 15) is 0 Å². The second-order valence-corrected chi connectivity index (χ2v) is 20.0. The van der Waals surface area contributed by atoms with Gasteiger partial charge in [0.15, 0.2) is 0 Å². The number of benzene rings is 7. The molecule has 0 bridgehead atoms. The Morgan fingerprint density at radius 2 is 1.00 bits per heavy atom. The van der Waals surface area contributed by atoms with Crippen LogP contribution in [0.5, 0.6) is 0 Å². The zero-order valence-electron chi connectivity index (χ0n) is 36.2. The van der Waals surface area contributed by atoms with Gasteiger partial charge in [0.2, 0.25) is 0 Å². The van der Waals surface area contributed by atoms with Crippen LogP contribution in [-0.4, -0.2) is 6.71 Å². The summed E-state index contributed by atoms with van der Waals surface area (Å²) >= 11 is 0. The lowest BCUT2D eigenvalue weighted by Gasteiger charge is -2.45. The van der Waals surface area contributed by atoms with E-state index in [1.807, 2.05) is 6.07 Å². The van der Waals surface area contributed by atoms with Gasteiger partial charge >= 0.3 is 0 Å². The Balaban J connectivity index is 1.25. The van der Waals surface area contributed by atoms with Crippen LogP contribution in [-0.2, 0) is 16.2 Å². The fourth-order valence-electron chi connectivity index (χ4n) is 9.55. The molecule has 2 aliphatic rings. The zero-order chi connectivity index (χ0) is 41.2. The number of furan rings is 1. The average Bonchev–Trinajstić information content (AvgIpc) is 3.58. The minimum atomic E-state index is -0.0271. The molecule has 2 aliphatic heterocycles. The van der Waals surface area contributed by atoms with Crippen LogP contribution < -0.4 is 26.2 Å². The van der Waals surface area contributed by atoms with Gasteiger partial charge in [-0.1, -0.05) is 141 Å². The van der Waals surface area contributed by atoms with Crippen LogP contribution in [0.1, 0.15) is 84.6 Å². The summed E-state index contributed by atoms with van der Waals surface area (Å²) in [7, 11) is 0. The van der Waals surface area contributed by atoms with E-state index in [-0.39, 0.29) is 23.0 Å². The van der Waals surface area contributed by atoms with Crippen LogP contribution in [0.4, 0.5) is 34.1 Å². The first-order valence-corrected chi connectivity index (χ1v) is 21.2. The number of hydrogen-bond donors (Lipinski definition) is 0. The van der Waals surface area contributed by atoms with Crippen LogP contribution in [0, 0.1) is 6.92 Å². The van der Waals surface area contributed by atoms with E-state index in [2.05, 4.69) is 212 Å². The molecule has 0 unspecified atom stereocenters. The summed E-state index contributed by atoms with van der Waals surface area (Å²) in [5, 5.41) is 2.29. The SMILES string of the molecule is Cc1cc2c3c(c1)N(c1cccc(-c4cccc5oc6ccccc6c45)c1)c1cc(C(C)(C)C)ccc1B3c1ccc(C(C)(C)C)cc1N2c1ccc(C(C)(C)C)cc1. The molecular formula is C55H53BN2O. The molecule has 10 rings (SSSR count). The Labute approximate surface area is 350 Å². The molecule has 3 heterocycles. The van der Waals surface area contributed by atoms with Crippen LogP contribution in [0.3, 0.4) is 0 Å². The van der Waals surface area contributed by atoms with E-state index in [0.29, 0.717) is 0 Å². The van der Waals surface area contributed by atoms with Gasteiger partial charge in [0.25, 0.3) is 6.71 Å². The lowest BCUT2D eigenvalue weighted by atomic mass is 9.33. The Morgan fingerprint density at radius 1 is 0.458 bits per heavy atom. The Kier molecular flexibility index (Phi) is 8.22. The van der Waals surface area contributed by atoms with Crippen LogP contribution in [0.25, 0.3) is 33.1 Å². The van der Waals surface area contributed by atoms with Crippen molar-refractivity contribution in [2.45, 2.75) is 85.5 Å². The maximum atomic E-state index is 6.37. The van der Waals surface area contributed by atoms with Crippen molar-refractivity contribution >= 4 is 79.2 Å².